The van der Waals surface area contributed by atoms with Gasteiger partial charge >= 0.3 is 0 Å². The zero-order chi connectivity index (χ0) is 26.6. The average molecular weight is 512 g/mol. The molecular weight excluding hydrogens is 484 g/mol. The van der Waals surface area contributed by atoms with E-state index in [4.69, 9.17) is 4.74 Å². The van der Waals surface area contributed by atoms with Crippen LogP contribution in [-0.4, -0.2) is 27.8 Å². The van der Waals surface area contributed by atoms with Crippen molar-refractivity contribution in [2.24, 2.45) is 0 Å². The molecular formula is C31H27F2N3O2. The standard InChI is InChI=1S/C31H27F2N3O2/c1-19-3-5-22(6-4-19)30-31(35-12-11-34-30)24(13-20-14-25(32)18-26(33)15-20)17-27(37)16-23-8-7-21-9-10-28(38-2)36-29(21)23/h3-6,8-12,14-15,18,24H,7,13,16-17H2,1-2H3. The summed E-state index contributed by atoms with van der Waals surface area (Å²) in [4.78, 5) is 27.2. The first-order valence-electron chi connectivity index (χ1n) is 12.5. The number of hydrogen-bond donors (Lipinski definition) is 0. The first-order valence-corrected chi connectivity index (χ1v) is 12.5. The lowest BCUT2D eigenvalue weighted by Gasteiger charge is -2.19. The molecule has 2 aromatic heterocycles. The Morgan fingerprint density at radius 3 is 2.45 bits per heavy atom. The number of halogens is 2. The highest BCUT2D eigenvalue weighted by atomic mass is 19.1. The Morgan fingerprint density at radius 2 is 1.71 bits per heavy atom. The fourth-order valence-electron chi connectivity index (χ4n) is 4.93. The number of rotatable bonds is 9. The van der Waals surface area contributed by atoms with Crippen molar-refractivity contribution in [2.45, 2.75) is 38.5 Å². The van der Waals surface area contributed by atoms with Crippen molar-refractivity contribution >= 4 is 11.4 Å². The minimum absolute atomic E-state index is 0.0175. The van der Waals surface area contributed by atoms with Gasteiger partial charge in [-0.3, -0.25) is 14.8 Å². The first kappa shape index (κ1) is 25.4. The quantitative estimate of drug-likeness (QED) is 0.258. The van der Waals surface area contributed by atoms with E-state index in [2.05, 4.69) is 15.0 Å². The molecule has 0 saturated heterocycles. The Labute approximate surface area is 220 Å². The topological polar surface area (TPSA) is 65.0 Å². The summed E-state index contributed by atoms with van der Waals surface area (Å²) in [7, 11) is 1.56. The lowest BCUT2D eigenvalue weighted by molar-refractivity contribution is -0.118. The van der Waals surface area contributed by atoms with E-state index in [1.807, 2.05) is 49.4 Å². The largest absolute Gasteiger partial charge is 0.481 e. The van der Waals surface area contributed by atoms with Crippen LogP contribution in [0.1, 0.15) is 46.8 Å². The molecule has 0 bridgehead atoms. The van der Waals surface area contributed by atoms with E-state index < -0.39 is 17.6 Å². The van der Waals surface area contributed by atoms with Gasteiger partial charge < -0.3 is 4.74 Å². The van der Waals surface area contributed by atoms with Crippen molar-refractivity contribution in [1.82, 2.24) is 15.0 Å². The van der Waals surface area contributed by atoms with Crippen LogP contribution in [0.15, 0.2) is 73.1 Å². The highest BCUT2D eigenvalue weighted by molar-refractivity contribution is 5.92. The number of Topliss-reactive ketones (excluding diaryl/α,β-unsaturated/α-hetero) is 1. The first-order chi connectivity index (χ1) is 18.4. The maximum absolute atomic E-state index is 14.0. The van der Waals surface area contributed by atoms with Crippen LogP contribution in [0.2, 0.25) is 0 Å². The Hall–Kier alpha value is -4.26. The number of nitrogens with zero attached hydrogens (tertiary/aromatic N) is 3. The van der Waals surface area contributed by atoms with Gasteiger partial charge in [0.15, 0.2) is 0 Å². The van der Waals surface area contributed by atoms with E-state index in [0.29, 0.717) is 29.3 Å². The average Bonchev–Trinajstić information content (AvgIpc) is 3.29. The summed E-state index contributed by atoms with van der Waals surface area (Å²) in [6.45, 7) is 2.00. The van der Waals surface area contributed by atoms with Crippen molar-refractivity contribution < 1.29 is 18.3 Å². The maximum atomic E-state index is 14.0. The van der Waals surface area contributed by atoms with E-state index in [1.54, 1.807) is 19.5 Å². The number of pyridine rings is 1. The summed E-state index contributed by atoms with van der Waals surface area (Å²) in [6.07, 6.45) is 6.49. The molecule has 1 aliphatic carbocycles. The Bertz CT molecular complexity index is 1500. The van der Waals surface area contributed by atoms with Crippen LogP contribution in [0.5, 0.6) is 5.88 Å². The minimum atomic E-state index is -0.657. The molecule has 1 atom stereocenters. The molecule has 4 aromatic rings. The summed E-state index contributed by atoms with van der Waals surface area (Å²) in [5.41, 5.74) is 6.39. The normalized spacial score (nSPS) is 13.1. The number of aromatic nitrogens is 3. The van der Waals surface area contributed by atoms with Crippen LogP contribution in [0, 0.1) is 18.6 Å². The summed E-state index contributed by atoms with van der Waals surface area (Å²) in [6, 6.07) is 15.1. The molecule has 5 nitrogen and oxygen atoms in total. The van der Waals surface area contributed by atoms with Crippen molar-refractivity contribution in [3.63, 3.8) is 0 Å². The van der Waals surface area contributed by atoms with E-state index in [1.165, 1.54) is 12.1 Å². The second kappa shape index (κ2) is 11.0. The number of carbonyl (C=O) groups is 1. The lowest BCUT2D eigenvalue weighted by Crippen LogP contribution is -2.14. The lowest BCUT2D eigenvalue weighted by atomic mass is 9.87. The third-order valence-electron chi connectivity index (χ3n) is 6.74. The molecule has 7 heteroatoms. The van der Waals surface area contributed by atoms with Crippen LogP contribution in [0.25, 0.3) is 16.8 Å². The molecule has 192 valence electrons. The highest BCUT2D eigenvalue weighted by Gasteiger charge is 2.25. The fourth-order valence-corrected chi connectivity index (χ4v) is 4.93. The highest BCUT2D eigenvalue weighted by Crippen LogP contribution is 2.34. The predicted octanol–water partition coefficient (Wildman–Crippen LogP) is 6.45. The molecule has 0 N–H and O–H groups in total. The number of ketones is 1. The van der Waals surface area contributed by atoms with Gasteiger partial charge in [-0.15, -0.1) is 0 Å². The zero-order valence-electron chi connectivity index (χ0n) is 21.2. The number of benzene rings is 2. The summed E-state index contributed by atoms with van der Waals surface area (Å²) >= 11 is 0. The molecule has 38 heavy (non-hydrogen) atoms. The minimum Gasteiger partial charge on any atom is -0.481 e. The predicted molar refractivity (Wildman–Crippen MR) is 142 cm³/mol. The molecule has 0 amide bonds. The number of fused-ring (bicyclic) bond motifs is 1. The number of aryl methyl sites for hydroxylation is 1. The van der Waals surface area contributed by atoms with Crippen molar-refractivity contribution in [3.05, 3.63) is 113 Å². The van der Waals surface area contributed by atoms with Gasteiger partial charge in [0, 0.05) is 48.8 Å². The van der Waals surface area contributed by atoms with Gasteiger partial charge in [-0.1, -0.05) is 42.0 Å². The molecule has 5 rings (SSSR count). The number of methoxy groups -OCH3 is 1. The number of carbonyl (C=O) groups excluding carboxylic acids is 1. The number of allylic oxidation sites excluding steroid dienone is 2. The van der Waals surface area contributed by atoms with Crippen molar-refractivity contribution in [3.8, 4) is 17.1 Å². The SMILES string of the molecule is COc1ccc2c(n1)C(CC(=O)CC(Cc1cc(F)cc(F)c1)c1nccnc1-c1ccc(C)cc1)=CC2. The van der Waals surface area contributed by atoms with Gasteiger partial charge in [-0.05, 0) is 48.6 Å². The van der Waals surface area contributed by atoms with Crippen LogP contribution < -0.4 is 4.74 Å². The molecule has 1 unspecified atom stereocenters. The second-order valence-corrected chi connectivity index (χ2v) is 9.55. The molecule has 2 aromatic carbocycles. The number of hydrogen-bond acceptors (Lipinski definition) is 5. The van der Waals surface area contributed by atoms with Gasteiger partial charge in [-0.25, -0.2) is 13.8 Å². The summed E-state index contributed by atoms with van der Waals surface area (Å²) < 4.78 is 33.3. The second-order valence-electron chi connectivity index (χ2n) is 9.55. The monoisotopic (exact) mass is 511 g/mol. The fraction of sp³-hybridized carbons (Fsp3) is 0.226. The third kappa shape index (κ3) is 5.67. The van der Waals surface area contributed by atoms with Crippen LogP contribution in [0.3, 0.4) is 0 Å². The molecule has 0 radical (unpaired) electrons. The van der Waals surface area contributed by atoms with Crippen LogP contribution >= 0.6 is 0 Å². The van der Waals surface area contributed by atoms with Crippen molar-refractivity contribution in [2.75, 3.05) is 7.11 Å². The number of ether oxygens (including phenoxy) is 1. The van der Waals surface area contributed by atoms with Gasteiger partial charge in [0.2, 0.25) is 5.88 Å². The smallest absolute Gasteiger partial charge is 0.213 e. The van der Waals surface area contributed by atoms with Crippen LogP contribution in [0.4, 0.5) is 8.78 Å². The van der Waals surface area contributed by atoms with Crippen LogP contribution in [-0.2, 0) is 17.6 Å². The third-order valence-corrected chi connectivity index (χ3v) is 6.74. The van der Waals surface area contributed by atoms with E-state index in [-0.39, 0.29) is 25.0 Å². The molecule has 0 aliphatic heterocycles. The molecule has 1 aliphatic rings. The molecule has 2 heterocycles. The Balaban J connectivity index is 1.46. The molecule has 0 spiro atoms. The Morgan fingerprint density at radius 1 is 0.974 bits per heavy atom. The zero-order valence-corrected chi connectivity index (χ0v) is 21.2. The Kier molecular flexibility index (Phi) is 7.36. The van der Waals surface area contributed by atoms with E-state index in [0.717, 1.165) is 34.0 Å². The van der Waals surface area contributed by atoms with Crippen molar-refractivity contribution in [1.29, 1.82) is 0 Å². The van der Waals surface area contributed by atoms with E-state index in [9.17, 15) is 13.6 Å². The maximum Gasteiger partial charge on any atom is 0.213 e. The van der Waals surface area contributed by atoms with Gasteiger partial charge in [0.25, 0.3) is 0 Å². The molecule has 0 fully saturated rings. The summed E-state index contributed by atoms with van der Waals surface area (Å²) in [5.74, 6) is -1.27. The van der Waals surface area contributed by atoms with Gasteiger partial charge in [0.1, 0.15) is 17.4 Å². The molecule has 0 saturated carbocycles. The van der Waals surface area contributed by atoms with E-state index >= 15 is 0 Å². The van der Waals surface area contributed by atoms with Gasteiger partial charge in [0.05, 0.1) is 24.2 Å². The van der Waals surface area contributed by atoms with Gasteiger partial charge in [-0.2, -0.15) is 0 Å². The summed E-state index contributed by atoms with van der Waals surface area (Å²) in [5, 5.41) is 0.